The summed E-state index contributed by atoms with van der Waals surface area (Å²) in [6.45, 7) is 0.000549. The van der Waals surface area contributed by atoms with E-state index < -0.39 is 0 Å². The smallest absolute Gasteiger partial charge is 0.0702 e. The number of hydrogen-bond donors (Lipinski definition) is 1. The zero-order valence-corrected chi connectivity index (χ0v) is 8.74. The van der Waals surface area contributed by atoms with Gasteiger partial charge in [0.15, 0.2) is 0 Å². The van der Waals surface area contributed by atoms with Crippen LogP contribution in [0.3, 0.4) is 0 Å². The number of hydrogen-bond acceptors (Lipinski definition) is 3. The van der Waals surface area contributed by atoms with Gasteiger partial charge in [0, 0.05) is 29.7 Å². The van der Waals surface area contributed by atoms with Gasteiger partial charge in [0.05, 0.1) is 12.3 Å². The van der Waals surface area contributed by atoms with Crippen LogP contribution in [0.4, 0.5) is 5.69 Å². The van der Waals surface area contributed by atoms with Crippen LogP contribution >= 0.6 is 0 Å². The molecule has 2 rings (SSSR count). The summed E-state index contributed by atoms with van der Waals surface area (Å²) in [5.74, 6) is 0. The number of benzene rings is 1. The van der Waals surface area contributed by atoms with Gasteiger partial charge in [-0.1, -0.05) is 24.3 Å². The van der Waals surface area contributed by atoms with Crippen molar-refractivity contribution in [2.75, 3.05) is 0 Å². The van der Waals surface area contributed by atoms with Crippen molar-refractivity contribution >= 4 is 11.9 Å². The van der Waals surface area contributed by atoms with E-state index in [1.54, 1.807) is 18.6 Å². The predicted octanol–water partition coefficient (Wildman–Crippen LogP) is 2.32. The maximum atomic E-state index is 9.13. The first-order valence-electron chi connectivity index (χ1n) is 5.03. The van der Waals surface area contributed by atoms with Crippen LogP contribution in [0.2, 0.25) is 0 Å². The highest BCUT2D eigenvalue weighted by Crippen LogP contribution is 2.18. The molecule has 1 aromatic carbocycles. The molecule has 0 spiro atoms. The Kier molecular flexibility index (Phi) is 3.41. The average Bonchev–Trinajstić information content (AvgIpc) is 2.38. The van der Waals surface area contributed by atoms with E-state index >= 15 is 0 Å². The molecule has 0 amide bonds. The summed E-state index contributed by atoms with van der Waals surface area (Å²) >= 11 is 0. The van der Waals surface area contributed by atoms with Crippen LogP contribution in [-0.2, 0) is 6.61 Å². The molecule has 0 aliphatic heterocycles. The molecule has 0 radical (unpaired) electrons. The Morgan fingerprint density at radius 1 is 1.19 bits per heavy atom. The number of aliphatic hydroxyl groups is 1. The topological polar surface area (TPSA) is 45.5 Å². The third kappa shape index (κ3) is 2.52. The third-order valence-corrected chi connectivity index (χ3v) is 2.20. The van der Waals surface area contributed by atoms with Gasteiger partial charge in [-0.15, -0.1) is 0 Å². The van der Waals surface area contributed by atoms with Crippen molar-refractivity contribution in [3.8, 4) is 0 Å². The quantitative estimate of drug-likeness (QED) is 0.793. The Hall–Kier alpha value is -2.00. The molecule has 80 valence electrons. The summed E-state index contributed by atoms with van der Waals surface area (Å²) in [6.07, 6.45) is 5.20. The van der Waals surface area contributed by atoms with Crippen LogP contribution in [0.1, 0.15) is 11.1 Å². The molecule has 1 aromatic heterocycles. The van der Waals surface area contributed by atoms with E-state index in [-0.39, 0.29) is 6.61 Å². The summed E-state index contributed by atoms with van der Waals surface area (Å²) < 4.78 is 0. The summed E-state index contributed by atoms with van der Waals surface area (Å²) in [5, 5.41) is 9.13. The second-order valence-electron chi connectivity index (χ2n) is 3.33. The van der Waals surface area contributed by atoms with Crippen molar-refractivity contribution in [2.45, 2.75) is 6.61 Å². The highest BCUT2D eigenvalue weighted by atomic mass is 16.3. The Bertz CT molecular complexity index is 480. The van der Waals surface area contributed by atoms with Crippen LogP contribution in [0, 0.1) is 0 Å². The average molecular weight is 212 g/mol. The number of aliphatic imine (C=N–C) groups is 1. The van der Waals surface area contributed by atoms with Gasteiger partial charge in [0.25, 0.3) is 0 Å². The summed E-state index contributed by atoms with van der Waals surface area (Å²) in [5.41, 5.74) is 2.55. The Labute approximate surface area is 94.1 Å². The largest absolute Gasteiger partial charge is 0.392 e. The fourth-order valence-electron chi connectivity index (χ4n) is 1.37. The van der Waals surface area contributed by atoms with E-state index in [0.717, 1.165) is 16.8 Å². The molecule has 0 saturated carbocycles. The maximum absolute atomic E-state index is 9.13. The number of nitrogens with zero attached hydrogens (tertiary/aromatic N) is 2. The standard InChI is InChI=1S/C13H12N2O/c16-10-12-5-1-2-6-13(12)15-9-11-4-3-7-14-8-11/h1-9,16H,10H2. The molecule has 1 heterocycles. The zero-order chi connectivity index (χ0) is 11.2. The zero-order valence-electron chi connectivity index (χ0n) is 8.74. The number of rotatable bonds is 3. The van der Waals surface area contributed by atoms with Crippen molar-refractivity contribution in [1.29, 1.82) is 0 Å². The van der Waals surface area contributed by atoms with E-state index in [4.69, 9.17) is 5.11 Å². The lowest BCUT2D eigenvalue weighted by Gasteiger charge is -2.00. The Balaban J connectivity index is 2.24. The lowest BCUT2D eigenvalue weighted by atomic mass is 10.2. The first-order valence-corrected chi connectivity index (χ1v) is 5.03. The van der Waals surface area contributed by atoms with Gasteiger partial charge in [0.2, 0.25) is 0 Å². The van der Waals surface area contributed by atoms with E-state index in [9.17, 15) is 0 Å². The van der Waals surface area contributed by atoms with Crippen molar-refractivity contribution in [2.24, 2.45) is 4.99 Å². The molecule has 0 aliphatic carbocycles. The molecule has 3 nitrogen and oxygen atoms in total. The van der Waals surface area contributed by atoms with Crippen molar-refractivity contribution in [1.82, 2.24) is 4.98 Å². The van der Waals surface area contributed by atoms with E-state index in [1.807, 2.05) is 36.4 Å². The van der Waals surface area contributed by atoms with E-state index in [0.29, 0.717) is 0 Å². The minimum absolute atomic E-state index is 0.000549. The molecule has 0 fully saturated rings. The minimum Gasteiger partial charge on any atom is -0.392 e. The van der Waals surface area contributed by atoms with Gasteiger partial charge >= 0.3 is 0 Å². The minimum atomic E-state index is 0.000549. The van der Waals surface area contributed by atoms with Crippen LogP contribution in [0.25, 0.3) is 0 Å². The van der Waals surface area contributed by atoms with Gasteiger partial charge in [-0.25, -0.2) is 0 Å². The fourth-order valence-corrected chi connectivity index (χ4v) is 1.37. The van der Waals surface area contributed by atoms with E-state index in [2.05, 4.69) is 9.98 Å². The van der Waals surface area contributed by atoms with Gasteiger partial charge in [-0.3, -0.25) is 9.98 Å². The van der Waals surface area contributed by atoms with Crippen molar-refractivity contribution in [3.63, 3.8) is 0 Å². The molecular weight excluding hydrogens is 200 g/mol. The lowest BCUT2D eigenvalue weighted by Crippen LogP contribution is -1.85. The first-order chi connectivity index (χ1) is 7.90. The van der Waals surface area contributed by atoms with Crippen LogP contribution in [0.5, 0.6) is 0 Å². The molecule has 2 aromatic rings. The molecule has 3 heteroatoms. The highest BCUT2D eigenvalue weighted by molar-refractivity contribution is 5.81. The maximum Gasteiger partial charge on any atom is 0.0702 e. The highest BCUT2D eigenvalue weighted by Gasteiger charge is 1.96. The number of aromatic nitrogens is 1. The van der Waals surface area contributed by atoms with Gasteiger partial charge < -0.3 is 5.11 Å². The molecule has 0 aliphatic rings. The SMILES string of the molecule is OCc1ccccc1N=Cc1cccnc1. The summed E-state index contributed by atoms with van der Waals surface area (Å²) in [4.78, 5) is 8.32. The Morgan fingerprint density at radius 2 is 2.06 bits per heavy atom. The second-order valence-corrected chi connectivity index (χ2v) is 3.33. The fraction of sp³-hybridized carbons (Fsp3) is 0.0769. The second kappa shape index (κ2) is 5.19. The normalized spacial score (nSPS) is 10.8. The van der Waals surface area contributed by atoms with Gasteiger partial charge in [0.1, 0.15) is 0 Å². The third-order valence-electron chi connectivity index (χ3n) is 2.20. The van der Waals surface area contributed by atoms with Crippen LogP contribution in [0.15, 0.2) is 53.8 Å². The molecule has 0 saturated heterocycles. The molecular formula is C13H12N2O. The monoisotopic (exact) mass is 212 g/mol. The molecule has 0 unspecified atom stereocenters. The summed E-state index contributed by atoms with van der Waals surface area (Å²) in [7, 11) is 0. The predicted molar refractivity (Wildman–Crippen MR) is 63.9 cm³/mol. The van der Waals surface area contributed by atoms with Gasteiger partial charge in [-0.2, -0.15) is 0 Å². The number of pyridine rings is 1. The van der Waals surface area contributed by atoms with Gasteiger partial charge in [-0.05, 0) is 12.1 Å². The van der Waals surface area contributed by atoms with Crippen molar-refractivity contribution in [3.05, 3.63) is 59.9 Å². The van der Waals surface area contributed by atoms with E-state index in [1.165, 1.54) is 0 Å². The Morgan fingerprint density at radius 3 is 2.81 bits per heavy atom. The molecule has 0 atom stereocenters. The first kappa shape index (κ1) is 10.5. The van der Waals surface area contributed by atoms with Crippen molar-refractivity contribution < 1.29 is 5.11 Å². The van der Waals surface area contributed by atoms with Crippen LogP contribution < -0.4 is 0 Å². The van der Waals surface area contributed by atoms with Crippen LogP contribution in [-0.4, -0.2) is 16.3 Å². The molecule has 0 bridgehead atoms. The number of aliphatic hydroxyl groups excluding tert-OH is 1. The lowest BCUT2D eigenvalue weighted by molar-refractivity contribution is 0.282. The molecule has 1 N–H and O–H groups in total. The summed E-state index contributed by atoms with van der Waals surface area (Å²) in [6, 6.07) is 11.3. The number of para-hydroxylation sites is 1. The molecule has 16 heavy (non-hydrogen) atoms.